The third kappa shape index (κ3) is 5.48. The van der Waals surface area contributed by atoms with E-state index >= 15 is 0 Å². The number of hydrogen-bond acceptors (Lipinski definition) is 5. The highest BCUT2D eigenvalue weighted by molar-refractivity contribution is 5.96. The average molecular weight is 474 g/mol. The van der Waals surface area contributed by atoms with Crippen LogP contribution in [-0.4, -0.2) is 29.6 Å². The van der Waals surface area contributed by atoms with Gasteiger partial charge in [0.05, 0.1) is 4.92 Å². The van der Waals surface area contributed by atoms with Gasteiger partial charge in [-0.05, 0) is 46.7 Å². The van der Waals surface area contributed by atoms with E-state index in [9.17, 15) is 19.7 Å². The largest absolute Gasteiger partial charge is 0.449 e. The van der Waals surface area contributed by atoms with Crippen molar-refractivity contribution in [2.45, 2.75) is 32.2 Å². The molecule has 2 N–H and O–H groups in total. The molecule has 0 saturated carbocycles. The van der Waals surface area contributed by atoms with Crippen LogP contribution in [0.25, 0.3) is 11.1 Å². The Morgan fingerprint density at radius 2 is 1.51 bits per heavy atom. The number of fused-ring (bicyclic) bond motifs is 3. The number of nitro groups is 1. The van der Waals surface area contributed by atoms with Crippen LogP contribution in [0.2, 0.25) is 0 Å². The van der Waals surface area contributed by atoms with Crippen molar-refractivity contribution < 1.29 is 19.2 Å². The summed E-state index contributed by atoms with van der Waals surface area (Å²) in [7, 11) is 0. The summed E-state index contributed by atoms with van der Waals surface area (Å²) < 4.78 is 5.59. The fourth-order valence-corrected chi connectivity index (χ4v) is 4.38. The van der Waals surface area contributed by atoms with Crippen LogP contribution in [0.4, 0.5) is 16.2 Å². The summed E-state index contributed by atoms with van der Waals surface area (Å²) in [5, 5.41) is 16.2. The van der Waals surface area contributed by atoms with Gasteiger partial charge in [0, 0.05) is 23.7 Å². The van der Waals surface area contributed by atoms with Gasteiger partial charge in [0.1, 0.15) is 12.6 Å². The smallest absolute Gasteiger partial charge is 0.407 e. The molecular formula is C27H27N3O5. The van der Waals surface area contributed by atoms with E-state index in [1.165, 1.54) is 24.3 Å². The van der Waals surface area contributed by atoms with Gasteiger partial charge in [0.25, 0.3) is 5.69 Å². The lowest BCUT2D eigenvalue weighted by atomic mass is 9.98. The van der Waals surface area contributed by atoms with Crippen molar-refractivity contribution in [1.82, 2.24) is 5.32 Å². The van der Waals surface area contributed by atoms with E-state index in [-0.39, 0.29) is 24.1 Å². The van der Waals surface area contributed by atoms with Crippen molar-refractivity contribution >= 4 is 23.4 Å². The maximum absolute atomic E-state index is 12.9. The molecule has 1 aliphatic rings. The lowest BCUT2D eigenvalue weighted by molar-refractivity contribution is -0.384. The molecule has 2 amide bonds. The molecule has 1 aliphatic carbocycles. The van der Waals surface area contributed by atoms with Crippen LogP contribution in [0.15, 0.2) is 72.8 Å². The fraction of sp³-hybridized carbons (Fsp3) is 0.259. The maximum Gasteiger partial charge on any atom is 0.407 e. The number of anilines is 1. The van der Waals surface area contributed by atoms with Gasteiger partial charge < -0.3 is 15.4 Å². The highest BCUT2D eigenvalue weighted by Crippen LogP contribution is 2.44. The lowest BCUT2D eigenvalue weighted by Gasteiger charge is -2.21. The monoisotopic (exact) mass is 473 g/mol. The summed E-state index contributed by atoms with van der Waals surface area (Å²) >= 11 is 0. The molecule has 0 bridgehead atoms. The van der Waals surface area contributed by atoms with Gasteiger partial charge in [0.15, 0.2) is 0 Å². The van der Waals surface area contributed by atoms with E-state index in [0.29, 0.717) is 12.1 Å². The zero-order valence-electron chi connectivity index (χ0n) is 19.6. The first kappa shape index (κ1) is 23.9. The highest BCUT2D eigenvalue weighted by Gasteiger charge is 2.30. The van der Waals surface area contributed by atoms with Gasteiger partial charge in [-0.2, -0.15) is 0 Å². The van der Waals surface area contributed by atoms with Crippen LogP contribution in [0.1, 0.15) is 37.3 Å². The quantitative estimate of drug-likeness (QED) is 0.332. The third-order valence-electron chi connectivity index (χ3n) is 6.01. The molecule has 8 nitrogen and oxygen atoms in total. The Labute approximate surface area is 203 Å². The molecule has 0 radical (unpaired) electrons. The Morgan fingerprint density at radius 1 is 0.943 bits per heavy atom. The summed E-state index contributed by atoms with van der Waals surface area (Å²) in [4.78, 5) is 35.9. The average Bonchev–Trinajstić information content (AvgIpc) is 3.16. The molecule has 0 fully saturated rings. The van der Waals surface area contributed by atoms with Crippen LogP contribution < -0.4 is 10.6 Å². The van der Waals surface area contributed by atoms with Gasteiger partial charge in [0.2, 0.25) is 5.91 Å². The molecule has 1 atom stereocenters. The maximum atomic E-state index is 12.9. The van der Waals surface area contributed by atoms with Gasteiger partial charge in [-0.25, -0.2) is 4.79 Å². The van der Waals surface area contributed by atoms with Crippen LogP contribution in [-0.2, 0) is 9.53 Å². The molecule has 8 heteroatoms. The van der Waals surface area contributed by atoms with Crippen LogP contribution >= 0.6 is 0 Å². The summed E-state index contributed by atoms with van der Waals surface area (Å²) in [5.74, 6) is -0.358. The van der Waals surface area contributed by atoms with Crippen molar-refractivity contribution in [1.29, 1.82) is 0 Å². The molecule has 0 heterocycles. The summed E-state index contributed by atoms with van der Waals surface area (Å²) in [6, 6.07) is 20.9. The number of carbonyl (C=O) groups is 2. The van der Waals surface area contributed by atoms with Crippen molar-refractivity contribution in [3.05, 3.63) is 94.0 Å². The first-order valence-electron chi connectivity index (χ1n) is 11.5. The van der Waals surface area contributed by atoms with Crippen LogP contribution in [0.5, 0.6) is 0 Å². The third-order valence-corrected chi connectivity index (χ3v) is 6.01. The Hall–Kier alpha value is -4.20. The number of nitrogens with one attached hydrogen (secondary N) is 2. The molecule has 0 aliphatic heterocycles. The highest BCUT2D eigenvalue weighted by atomic mass is 16.6. The molecule has 0 aromatic heterocycles. The Bertz CT molecular complexity index is 1190. The molecule has 3 aromatic rings. The summed E-state index contributed by atoms with van der Waals surface area (Å²) in [6.07, 6.45) is -0.264. The number of hydrogen-bond donors (Lipinski definition) is 2. The Morgan fingerprint density at radius 3 is 2.06 bits per heavy atom. The van der Waals surface area contributed by atoms with Gasteiger partial charge >= 0.3 is 6.09 Å². The van der Waals surface area contributed by atoms with E-state index in [2.05, 4.69) is 22.8 Å². The first-order valence-corrected chi connectivity index (χ1v) is 11.5. The lowest BCUT2D eigenvalue weighted by Crippen LogP contribution is -2.45. The second-order valence-electron chi connectivity index (χ2n) is 8.95. The van der Waals surface area contributed by atoms with Crippen molar-refractivity contribution in [3.8, 4) is 11.1 Å². The van der Waals surface area contributed by atoms with Gasteiger partial charge in [-0.15, -0.1) is 0 Å². The Balaban J connectivity index is 1.41. The van der Waals surface area contributed by atoms with Crippen molar-refractivity contribution in [3.63, 3.8) is 0 Å². The minimum Gasteiger partial charge on any atom is -0.449 e. The topological polar surface area (TPSA) is 111 Å². The molecule has 4 rings (SSSR count). The SMILES string of the molecule is CC(C)CC(NC(=O)OCC1c2ccccc2-c2ccccc21)C(=O)Nc1ccc([N+](=O)[O-])cc1. The van der Waals surface area contributed by atoms with Crippen LogP contribution in [0.3, 0.4) is 0 Å². The van der Waals surface area contributed by atoms with Crippen molar-refractivity contribution in [2.75, 3.05) is 11.9 Å². The predicted octanol–water partition coefficient (Wildman–Crippen LogP) is 5.49. The molecule has 180 valence electrons. The normalized spacial score (nSPS) is 13.0. The van der Waals surface area contributed by atoms with E-state index in [0.717, 1.165) is 22.3 Å². The number of alkyl carbamates (subject to hydrolysis) is 1. The molecule has 35 heavy (non-hydrogen) atoms. The molecule has 3 aromatic carbocycles. The molecular weight excluding hydrogens is 446 g/mol. The molecule has 0 saturated heterocycles. The van der Waals surface area contributed by atoms with E-state index in [1.807, 2.05) is 50.2 Å². The number of rotatable bonds is 8. The first-order chi connectivity index (χ1) is 16.8. The van der Waals surface area contributed by atoms with Crippen LogP contribution in [0, 0.1) is 16.0 Å². The number of nitro benzene ring substituents is 1. The van der Waals surface area contributed by atoms with E-state index in [1.54, 1.807) is 0 Å². The number of amides is 2. The van der Waals surface area contributed by atoms with E-state index < -0.39 is 23.0 Å². The van der Waals surface area contributed by atoms with Crippen molar-refractivity contribution in [2.24, 2.45) is 5.92 Å². The predicted molar refractivity (Wildman–Crippen MR) is 133 cm³/mol. The molecule has 0 spiro atoms. The Kier molecular flexibility index (Phi) is 7.10. The zero-order valence-corrected chi connectivity index (χ0v) is 19.6. The zero-order chi connectivity index (χ0) is 24.9. The second-order valence-corrected chi connectivity index (χ2v) is 8.95. The minimum atomic E-state index is -0.819. The van der Waals surface area contributed by atoms with Gasteiger partial charge in [-0.3, -0.25) is 14.9 Å². The van der Waals surface area contributed by atoms with E-state index in [4.69, 9.17) is 4.74 Å². The number of non-ortho nitro benzene ring substituents is 1. The summed E-state index contributed by atoms with van der Waals surface area (Å²) in [6.45, 7) is 4.05. The number of carbonyl (C=O) groups excluding carboxylic acids is 2. The number of ether oxygens (including phenoxy) is 1. The number of benzene rings is 3. The second kappa shape index (κ2) is 10.4. The van der Waals surface area contributed by atoms with Gasteiger partial charge in [-0.1, -0.05) is 62.4 Å². The number of nitrogens with zero attached hydrogens (tertiary/aromatic N) is 1. The summed E-state index contributed by atoms with van der Waals surface area (Å²) in [5.41, 5.74) is 4.82. The standard InChI is InChI=1S/C27H27N3O5/c1-17(2)15-25(26(31)28-18-11-13-19(14-12-18)30(33)34)29-27(32)35-16-24-22-9-5-3-7-20(22)21-8-4-6-10-23(21)24/h3-14,17,24-25H,15-16H2,1-2H3,(H,28,31)(H,29,32). The fourth-order valence-electron chi connectivity index (χ4n) is 4.38. The molecule has 1 unspecified atom stereocenters. The minimum absolute atomic E-state index is 0.0708.